The van der Waals surface area contributed by atoms with E-state index in [0.29, 0.717) is 11.1 Å². The Hall–Kier alpha value is -1.36. The predicted molar refractivity (Wildman–Crippen MR) is 79.0 cm³/mol. The first-order valence-corrected chi connectivity index (χ1v) is 8.45. The summed E-state index contributed by atoms with van der Waals surface area (Å²) in [5.41, 5.74) is 1.35. The molecule has 0 radical (unpaired) electrons. The molecule has 0 spiro atoms. The van der Waals surface area contributed by atoms with Crippen molar-refractivity contribution in [2.24, 2.45) is 5.92 Å². The fourth-order valence-electron chi connectivity index (χ4n) is 2.20. The molecule has 0 amide bonds. The van der Waals surface area contributed by atoms with Crippen LogP contribution in [-0.2, 0) is 9.84 Å². The van der Waals surface area contributed by atoms with Crippen LogP contribution in [0.15, 0.2) is 17.0 Å². The molecular formula is C15H22O4S. The van der Waals surface area contributed by atoms with E-state index in [1.54, 1.807) is 13.8 Å². The first-order valence-electron chi connectivity index (χ1n) is 6.80. The summed E-state index contributed by atoms with van der Waals surface area (Å²) in [5, 5.41) is 9.07. The quantitative estimate of drug-likeness (QED) is 0.875. The standard InChI is InChI=1S/C15H22O4S/c1-5-12(6-2)9-20(18,19)14-8-13(15(16)17)7-10(3)11(14)4/h7-8,12H,5-6,9H2,1-4H3,(H,16,17). The Morgan fingerprint density at radius 3 is 2.20 bits per heavy atom. The minimum Gasteiger partial charge on any atom is -0.478 e. The number of benzene rings is 1. The Morgan fingerprint density at radius 1 is 1.20 bits per heavy atom. The van der Waals surface area contributed by atoms with E-state index in [1.807, 2.05) is 13.8 Å². The number of aromatic carboxylic acids is 1. The fraction of sp³-hybridized carbons (Fsp3) is 0.533. The van der Waals surface area contributed by atoms with Gasteiger partial charge in [0.1, 0.15) is 0 Å². The number of rotatable bonds is 6. The highest BCUT2D eigenvalue weighted by molar-refractivity contribution is 7.91. The van der Waals surface area contributed by atoms with Gasteiger partial charge in [-0.3, -0.25) is 0 Å². The van der Waals surface area contributed by atoms with Gasteiger partial charge in [-0.1, -0.05) is 26.7 Å². The van der Waals surface area contributed by atoms with Gasteiger partial charge in [-0.15, -0.1) is 0 Å². The van der Waals surface area contributed by atoms with Crippen LogP contribution in [-0.4, -0.2) is 25.2 Å². The Labute approximate surface area is 120 Å². The van der Waals surface area contributed by atoms with Crippen LogP contribution in [0.2, 0.25) is 0 Å². The van der Waals surface area contributed by atoms with Crippen LogP contribution < -0.4 is 0 Å². The lowest BCUT2D eigenvalue weighted by Gasteiger charge is -2.15. The summed E-state index contributed by atoms with van der Waals surface area (Å²) in [4.78, 5) is 11.2. The number of carboxylic acids is 1. The van der Waals surface area contributed by atoms with Gasteiger partial charge in [-0.25, -0.2) is 13.2 Å². The maximum atomic E-state index is 12.5. The molecule has 0 fully saturated rings. The highest BCUT2D eigenvalue weighted by Crippen LogP contribution is 2.25. The second kappa shape index (κ2) is 6.39. The van der Waals surface area contributed by atoms with Crippen LogP contribution in [0.1, 0.15) is 48.2 Å². The van der Waals surface area contributed by atoms with Crippen LogP contribution in [0.4, 0.5) is 0 Å². The zero-order valence-corrected chi connectivity index (χ0v) is 13.3. The molecule has 5 heteroatoms. The molecule has 112 valence electrons. The van der Waals surface area contributed by atoms with Gasteiger partial charge in [-0.05, 0) is 43.0 Å². The number of hydrogen-bond acceptors (Lipinski definition) is 3. The van der Waals surface area contributed by atoms with E-state index in [0.717, 1.165) is 12.8 Å². The maximum Gasteiger partial charge on any atom is 0.335 e. The van der Waals surface area contributed by atoms with Crippen molar-refractivity contribution in [1.82, 2.24) is 0 Å². The van der Waals surface area contributed by atoms with E-state index in [1.165, 1.54) is 12.1 Å². The van der Waals surface area contributed by atoms with Gasteiger partial charge in [0.05, 0.1) is 16.2 Å². The third-order valence-corrected chi connectivity index (χ3v) is 5.82. The van der Waals surface area contributed by atoms with Crippen molar-refractivity contribution in [2.45, 2.75) is 45.4 Å². The predicted octanol–water partition coefficient (Wildman–Crippen LogP) is 3.21. The van der Waals surface area contributed by atoms with Gasteiger partial charge in [0.15, 0.2) is 9.84 Å². The zero-order valence-electron chi connectivity index (χ0n) is 12.4. The summed E-state index contributed by atoms with van der Waals surface area (Å²) in [5.74, 6) is -0.927. The molecule has 20 heavy (non-hydrogen) atoms. The lowest BCUT2D eigenvalue weighted by atomic mass is 10.1. The third kappa shape index (κ3) is 3.60. The molecule has 1 aromatic carbocycles. The van der Waals surface area contributed by atoms with E-state index in [4.69, 9.17) is 5.11 Å². The number of carboxylic acid groups (broad SMARTS) is 1. The van der Waals surface area contributed by atoms with Crippen molar-refractivity contribution < 1.29 is 18.3 Å². The highest BCUT2D eigenvalue weighted by atomic mass is 32.2. The van der Waals surface area contributed by atoms with E-state index >= 15 is 0 Å². The monoisotopic (exact) mass is 298 g/mol. The molecule has 1 N–H and O–H groups in total. The molecule has 0 aliphatic heterocycles. The van der Waals surface area contributed by atoms with Gasteiger partial charge >= 0.3 is 5.97 Å². The molecule has 0 unspecified atom stereocenters. The molecule has 0 aliphatic carbocycles. The smallest absolute Gasteiger partial charge is 0.335 e. The second-order valence-corrected chi connectivity index (χ2v) is 7.19. The van der Waals surface area contributed by atoms with Crippen molar-refractivity contribution in [3.05, 3.63) is 28.8 Å². The van der Waals surface area contributed by atoms with Gasteiger partial charge in [0.2, 0.25) is 0 Å². The van der Waals surface area contributed by atoms with Crippen LogP contribution in [0.3, 0.4) is 0 Å². The number of hydrogen-bond donors (Lipinski definition) is 1. The molecule has 0 saturated heterocycles. The zero-order chi connectivity index (χ0) is 15.5. The Morgan fingerprint density at radius 2 is 1.75 bits per heavy atom. The molecule has 0 bridgehead atoms. The molecule has 0 atom stereocenters. The molecule has 0 heterocycles. The number of carbonyl (C=O) groups is 1. The third-order valence-electron chi connectivity index (χ3n) is 3.81. The molecule has 0 aromatic heterocycles. The van der Waals surface area contributed by atoms with Gasteiger partial charge in [0.25, 0.3) is 0 Å². The average molecular weight is 298 g/mol. The summed E-state index contributed by atoms with van der Waals surface area (Å²) in [6.45, 7) is 7.39. The number of sulfone groups is 1. The summed E-state index contributed by atoms with van der Waals surface area (Å²) < 4.78 is 25.0. The maximum absolute atomic E-state index is 12.5. The van der Waals surface area contributed by atoms with E-state index < -0.39 is 15.8 Å². The minimum atomic E-state index is -3.46. The molecular weight excluding hydrogens is 276 g/mol. The normalized spacial score (nSPS) is 11.8. The van der Waals surface area contributed by atoms with Gasteiger partial charge in [-0.2, -0.15) is 0 Å². The number of aryl methyl sites for hydroxylation is 1. The first-order chi connectivity index (χ1) is 9.22. The Bertz CT molecular complexity index is 599. The summed E-state index contributed by atoms with van der Waals surface area (Å²) in [6, 6.07) is 2.79. The van der Waals surface area contributed by atoms with Crippen LogP contribution in [0.5, 0.6) is 0 Å². The first kappa shape index (κ1) is 16.7. The molecule has 4 nitrogen and oxygen atoms in total. The lowest BCUT2D eigenvalue weighted by molar-refractivity contribution is 0.0696. The molecule has 0 saturated carbocycles. The summed E-state index contributed by atoms with van der Waals surface area (Å²) in [6.07, 6.45) is 1.60. The Balaban J connectivity index is 3.34. The van der Waals surface area contributed by atoms with Gasteiger partial charge in [0, 0.05) is 0 Å². The van der Waals surface area contributed by atoms with E-state index in [-0.39, 0.29) is 22.1 Å². The summed E-state index contributed by atoms with van der Waals surface area (Å²) >= 11 is 0. The lowest BCUT2D eigenvalue weighted by Crippen LogP contribution is -2.17. The largest absolute Gasteiger partial charge is 0.478 e. The van der Waals surface area contributed by atoms with Crippen molar-refractivity contribution in [1.29, 1.82) is 0 Å². The second-order valence-electron chi connectivity index (χ2n) is 5.19. The van der Waals surface area contributed by atoms with Crippen molar-refractivity contribution in [3.8, 4) is 0 Å². The van der Waals surface area contributed by atoms with Crippen molar-refractivity contribution in [2.75, 3.05) is 5.75 Å². The topological polar surface area (TPSA) is 71.4 Å². The summed E-state index contributed by atoms with van der Waals surface area (Å²) in [7, 11) is -3.46. The minimum absolute atomic E-state index is 0.0243. The highest BCUT2D eigenvalue weighted by Gasteiger charge is 2.23. The van der Waals surface area contributed by atoms with Crippen LogP contribution in [0.25, 0.3) is 0 Å². The van der Waals surface area contributed by atoms with E-state index in [2.05, 4.69) is 0 Å². The van der Waals surface area contributed by atoms with Gasteiger partial charge < -0.3 is 5.11 Å². The Kier molecular flexibility index (Phi) is 5.34. The van der Waals surface area contributed by atoms with Crippen molar-refractivity contribution in [3.63, 3.8) is 0 Å². The molecule has 1 aromatic rings. The fourth-order valence-corrected chi connectivity index (χ4v) is 4.40. The average Bonchev–Trinajstić information content (AvgIpc) is 2.38. The van der Waals surface area contributed by atoms with E-state index in [9.17, 15) is 13.2 Å². The van der Waals surface area contributed by atoms with Crippen LogP contribution in [0, 0.1) is 19.8 Å². The molecule has 1 rings (SSSR count). The van der Waals surface area contributed by atoms with Crippen molar-refractivity contribution >= 4 is 15.8 Å². The molecule has 0 aliphatic rings. The SMILES string of the molecule is CCC(CC)CS(=O)(=O)c1cc(C(=O)O)cc(C)c1C. The van der Waals surface area contributed by atoms with Crippen LogP contribution >= 0.6 is 0 Å².